The Labute approximate surface area is 123 Å². The lowest BCUT2D eigenvalue weighted by Crippen LogP contribution is -2.11. The molecule has 0 aliphatic heterocycles. The maximum Gasteiger partial charge on any atom is 0.202 e. The number of benzene rings is 1. The van der Waals surface area contributed by atoms with Gasteiger partial charge < -0.3 is 4.74 Å². The molecule has 0 spiro atoms. The van der Waals surface area contributed by atoms with Crippen LogP contribution < -0.4 is 4.74 Å². The van der Waals surface area contributed by atoms with E-state index in [1.807, 2.05) is 0 Å². The van der Waals surface area contributed by atoms with Crippen LogP contribution in [0.5, 0.6) is 5.75 Å². The van der Waals surface area contributed by atoms with Crippen molar-refractivity contribution >= 4 is 51.9 Å². The summed E-state index contributed by atoms with van der Waals surface area (Å²) in [6.45, 7) is -0.128. The molecule has 94 valence electrons. The number of thiophene rings is 1. The molecule has 0 radical (unpaired) electrons. The molecule has 1 heterocycles. The third kappa shape index (κ3) is 3.18. The lowest BCUT2D eigenvalue weighted by atomic mass is 10.2. The van der Waals surface area contributed by atoms with Crippen LogP contribution in [0.15, 0.2) is 30.3 Å². The fourth-order valence-corrected chi connectivity index (χ4v) is 3.00. The average molecular weight is 322 g/mol. The first-order chi connectivity index (χ1) is 8.58. The Balaban J connectivity index is 2.05. The summed E-state index contributed by atoms with van der Waals surface area (Å²) in [5, 5.41) is 0.458. The number of carbonyl (C=O) groups is 1. The van der Waals surface area contributed by atoms with Gasteiger partial charge in [0.1, 0.15) is 10.1 Å². The van der Waals surface area contributed by atoms with Gasteiger partial charge in [-0.05, 0) is 18.2 Å². The molecule has 6 heteroatoms. The average Bonchev–Trinajstić information content (AvgIpc) is 2.67. The van der Waals surface area contributed by atoms with E-state index in [0.29, 0.717) is 25.0 Å². The standard InChI is InChI=1S/C12H7Cl3O2S/c13-8-3-1-2-4-10(8)17-6-9(16)7-5-11(14)18-12(7)15/h1-5H,6H2. The summed E-state index contributed by atoms with van der Waals surface area (Å²) in [6.07, 6.45) is 0. The smallest absolute Gasteiger partial charge is 0.202 e. The van der Waals surface area contributed by atoms with Gasteiger partial charge in [-0.2, -0.15) is 0 Å². The molecule has 0 amide bonds. The minimum atomic E-state index is -0.233. The van der Waals surface area contributed by atoms with Crippen molar-refractivity contribution < 1.29 is 9.53 Å². The zero-order chi connectivity index (χ0) is 13.1. The molecule has 2 rings (SSSR count). The van der Waals surface area contributed by atoms with Crippen LogP contribution >= 0.6 is 46.1 Å². The number of ketones is 1. The predicted molar refractivity (Wildman–Crippen MR) is 75.6 cm³/mol. The van der Waals surface area contributed by atoms with E-state index in [2.05, 4.69) is 0 Å². The van der Waals surface area contributed by atoms with Crippen LogP contribution in [0.25, 0.3) is 0 Å². The molecule has 2 nitrogen and oxygen atoms in total. The number of hydrogen-bond donors (Lipinski definition) is 0. The second-order valence-electron chi connectivity index (χ2n) is 3.38. The summed E-state index contributed by atoms with van der Waals surface area (Å²) in [4.78, 5) is 11.9. The van der Waals surface area contributed by atoms with Gasteiger partial charge in [0.2, 0.25) is 5.78 Å². The Morgan fingerprint density at radius 2 is 1.94 bits per heavy atom. The van der Waals surface area contributed by atoms with Crippen molar-refractivity contribution in [3.63, 3.8) is 0 Å². The van der Waals surface area contributed by atoms with Crippen LogP contribution in [0.1, 0.15) is 10.4 Å². The van der Waals surface area contributed by atoms with Gasteiger partial charge in [0.15, 0.2) is 6.61 Å². The highest BCUT2D eigenvalue weighted by Gasteiger charge is 2.15. The maximum atomic E-state index is 11.9. The predicted octanol–water partition coefficient (Wildman–Crippen LogP) is 4.97. The van der Waals surface area contributed by atoms with E-state index < -0.39 is 0 Å². The highest BCUT2D eigenvalue weighted by molar-refractivity contribution is 7.20. The minimum absolute atomic E-state index is 0.128. The molecular weight excluding hydrogens is 315 g/mol. The van der Waals surface area contributed by atoms with E-state index in [-0.39, 0.29) is 12.4 Å². The molecule has 0 bridgehead atoms. The number of para-hydroxylation sites is 1. The Hall–Kier alpha value is -0.740. The molecule has 0 unspecified atom stereocenters. The molecule has 0 saturated carbocycles. The highest BCUT2D eigenvalue weighted by Crippen LogP contribution is 2.31. The van der Waals surface area contributed by atoms with E-state index >= 15 is 0 Å². The van der Waals surface area contributed by atoms with Gasteiger partial charge in [-0.1, -0.05) is 46.9 Å². The van der Waals surface area contributed by atoms with Crippen LogP contribution in [-0.2, 0) is 0 Å². The van der Waals surface area contributed by atoms with Crippen molar-refractivity contribution in [1.29, 1.82) is 0 Å². The van der Waals surface area contributed by atoms with Crippen molar-refractivity contribution in [3.05, 3.63) is 49.6 Å². The zero-order valence-electron chi connectivity index (χ0n) is 8.95. The maximum absolute atomic E-state index is 11.9. The lowest BCUT2D eigenvalue weighted by Gasteiger charge is -2.06. The van der Waals surface area contributed by atoms with E-state index in [1.165, 1.54) is 6.07 Å². The number of ether oxygens (including phenoxy) is 1. The van der Waals surface area contributed by atoms with E-state index in [9.17, 15) is 4.79 Å². The van der Waals surface area contributed by atoms with Crippen molar-refractivity contribution in [1.82, 2.24) is 0 Å². The summed E-state index contributed by atoms with van der Waals surface area (Å²) in [5.74, 6) is 0.230. The Morgan fingerprint density at radius 1 is 1.22 bits per heavy atom. The lowest BCUT2D eigenvalue weighted by molar-refractivity contribution is 0.0922. The van der Waals surface area contributed by atoms with Gasteiger partial charge in [0.05, 0.1) is 14.9 Å². The first-order valence-electron chi connectivity index (χ1n) is 4.93. The van der Waals surface area contributed by atoms with Crippen LogP contribution in [0, 0.1) is 0 Å². The van der Waals surface area contributed by atoms with Crippen LogP contribution in [-0.4, -0.2) is 12.4 Å². The molecule has 0 saturated heterocycles. The van der Waals surface area contributed by atoms with Gasteiger partial charge in [0.25, 0.3) is 0 Å². The fourth-order valence-electron chi connectivity index (χ4n) is 1.31. The van der Waals surface area contributed by atoms with Crippen molar-refractivity contribution in [2.75, 3.05) is 6.61 Å². The first kappa shape index (κ1) is 13.7. The molecular formula is C12H7Cl3O2S. The largest absolute Gasteiger partial charge is 0.484 e. The summed E-state index contributed by atoms with van der Waals surface area (Å²) in [6, 6.07) is 8.48. The third-order valence-electron chi connectivity index (χ3n) is 2.15. The molecule has 0 N–H and O–H groups in total. The second-order valence-corrected chi connectivity index (χ2v) is 6.07. The van der Waals surface area contributed by atoms with Crippen molar-refractivity contribution in [2.24, 2.45) is 0 Å². The molecule has 0 aliphatic carbocycles. The van der Waals surface area contributed by atoms with Crippen molar-refractivity contribution in [3.8, 4) is 5.75 Å². The minimum Gasteiger partial charge on any atom is -0.484 e. The number of Topliss-reactive ketones (excluding diaryl/α,β-unsaturated/α-hetero) is 1. The fraction of sp³-hybridized carbons (Fsp3) is 0.0833. The summed E-state index contributed by atoms with van der Waals surface area (Å²) in [7, 11) is 0. The van der Waals surface area contributed by atoms with E-state index in [4.69, 9.17) is 39.5 Å². The highest BCUT2D eigenvalue weighted by atomic mass is 35.5. The third-order valence-corrected chi connectivity index (χ3v) is 3.95. The number of hydrogen-bond acceptors (Lipinski definition) is 3. The summed E-state index contributed by atoms with van der Waals surface area (Å²) >= 11 is 18.7. The molecule has 0 aliphatic rings. The van der Waals surface area contributed by atoms with Gasteiger partial charge in [0, 0.05) is 0 Å². The van der Waals surface area contributed by atoms with Gasteiger partial charge in [-0.3, -0.25) is 4.79 Å². The van der Waals surface area contributed by atoms with Crippen molar-refractivity contribution in [2.45, 2.75) is 0 Å². The molecule has 18 heavy (non-hydrogen) atoms. The Kier molecular flexibility index (Phi) is 4.51. The summed E-state index contributed by atoms with van der Waals surface area (Å²) in [5.41, 5.74) is 0.374. The van der Waals surface area contributed by atoms with Crippen LogP contribution in [0.4, 0.5) is 0 Å². The first-order valence-corrected chi connectivity index (χ1v) is 6.88. The second kappa shape index (κ2) is 5.93. The topological polar surface area (TPSA) is 26.3 Å². The molecule has 1 aromatic carbocycles. The zero-order valence-corrected chi connectivity index (χ0v) is 12.0. The molecule has 2 aromatic rings. The number of carbonyl (C=O) groups excluding carboxylic acids is 1. The normalized spacial score (nSPS) is 10.4. The summed E-state index contributed by atoms with van der Waals surface area (Å²) < 4.78 is 6.18. The Bertz CT molecular complexity index is 580. The monoisotopic (exact) mass is 320 g/mol. The molecule has 0 fully saturated rings. The number of rotatable bonds is 4. The van der Waals surface area contributed by atoms with Gasteiger partial charge in [-0.25, -0.2) is 0 Å². The number of halogens is 3. The molecule has 0 atom stereocenters. The van der Waals surface area contributed by atoms with E-state index in [0.717, 1.165) is 11.3 Å². The Morgan fingerprint density at radius 3 is 2.56 bits per heavy atom. The van der Waals surface area contributed by atoms with Crippen LogP contribution in [0.2, 0.25) is 13.7 Å². The molecule has 1 aromatic heterocycles. The quantitative estimate of drug-likeness (QED) is 0.743. The van der Waals surface area contributed by atoms with Gasteiger partial charge in [-0.15, -0.1) is 11.3 Å². The van der Waals surface area contributed by atoms with Crippen LogP contribution in [0.3, 0.4) is 0 Å². The van der Waals surface area contributed by atoms with Gasteiger partial charge >= 0.3 is 0 Å². The SMILES string of the molecule is O=C(COc1ccccc1Cl)c1cc(Cl)sc1Cl. The van der Waals surface area contributed by atoms with E-state index in [1.54, 1.807) is 24.3 Å².